The summed E-state index contributed by atoms with van der Waals surface area (Å²) in [7, 11) is 0. The fraction of sp³-hybridized carbons (Fsp3) is 0.500. The molecule has 3 atom stereocenters. The summed E-state index contributed by atoms with van der Waals surface area (Å²) >= 11 is 0. The second-order valence-corrected chi connectivity index (χ2v) is 11.8. The molecular weight excluding hydrogens is 441 g/mol. The highest BCUT2D eigenvalue weighted by molar-refractivity contribution is 5.86. The van der Waals surface area contributed by atoms with E-state index in [1.54, 1.807) is 12.1 Å². The van der Waals surface area contributed by atoms with Crippen molar-refractivity contribution in [3.8, 4) is 0 Å². The average Bonchev–Trinajstić information content (AvgIpc) is 3.62. The lowest BCUT2D eigenvalue weighted by molar-refractivity contribution is 0.476. The van der Waals surface area contributed by atoms with Gasteiger partial charge in [-0.3, -0.25) is 0 Å². The van der Waals surface area contributed by atoms with Crippen molar-refractivity contribution in [1.29, 1.82) is 5.41 Å². The second kappa shape index (κ2) is 10.9. The lowest BCUT2D eigenvalue weighted by Gasteiger charge is -2.30. The van der Waals surface area contributed by atoms with Crippen molar-refractivity contribution in [1.82, 2.24) is 0 Å². The summed E-state index contributed by atoms with van der Waals surface area (Å²) in [5.74, 6) is 1.94. The van der Waals surface area contributed by atoms with Gasteiger partial charge in [0.25, 0.3) is 0 Å². The molecule has 5 rings (SSSR count). The van der Waals surface area contributed by atoms with Crippen molar-refractivity contribution in [3.63, 3.8) is 0 Å². The SMILES string of the molecule is C=C(c1ccc(CC(=N)C(C)C2CC2)cc1C1CCCC1)C1CCC=C(C)CC1c1ccccc1F. The molecular formula is C34H42FN. The van der Waals surface area contributed by atoms with Gasteiger partial charge >= 0.3 is 0 Å². The van der Waals surface area contributed by atoms with Gasteiger partial charge in [0, 0.05) is 12.1 Å². The van der Waals surface area contributed by atoms with Gasteiger partial charge < -0.3 is 5.41 Å². The molecule has 2 aromatic carbocycles. The van der Waals surface area contributed by atoms with Crippen molar-refractivity contribution >= 4 is 11.3 Å². The Morgan fingerprint density at radius 3 is 2.50 bits per heavy atom. The number of rotatable bonds is 8. The van der Waals surface area contributed by atoms with E-state index >= 15 is 4.39 Å². The topological polar surface area (TPSA) is 23.9 Å². The second-order valence-electron chi connectivity index (χ2n) is 11.8. The Morgan fingerprint density at radius 1 is 1.03 bits per heavy atom. The largest absolute Gasteiger partial charge is 0.309 e. The van der Waals surface area contributed by atoms with Crippen molar-refractivity contribution in [2.75, 3.05) is 0 Å². The molecule has 0 radical (unpaired) electrons. The molecule has 1 nitrogen and oxygen atoms in total. The maximum atomic E-state index is 15.0. The van der Waals surface area contributed by atoms with Crippen molar-refractivity contribution < 1.29 is 4.39 Å². The van der Waals surface area contributed by atoms with E-state index < -0.39 is 0 Å². The summed E-state index contributed by atoms with van der Waals surface area (Å²) in [5, 5.41) is 8.71. The van der Waals surface area contributed by atoms with Crippen LogP contribution in [0.25, 0.3) is 5.57 Å². The Hall–Kier alpha value is -2.48. The number of hydrogen-bond acceptors (Lipinski definition) is 1. The molecule has 0 amide bonds. The summed E-state index contributed by atoms with van der Waals surface area (Å²) < 4.78 is 15.0. The molecule has 0 aromatic heterocycles. The third-order valence-electron chi connectivity index (χ3n) is 9.28. The third-order valence-corrected chi connectivity index (χ3v) is 9.28. The van der Waals surface area contributed by atoms with Gasteiger partial charge in [0.1, 0.15) is 5.82 Å². The highest BCUT2D eigenvalue weighted by Gasteiger charge is 2.33. The minimum Gasteiger partial charge on any atom is -0.309 e. The van der Waals surface area contributed by atoms with E-state index in [4.69, 9.17) is 12.0 Å². The van der Waals surface area contributed by atoms with Gasteiger partial charge in [0.05, 0.1) is 0 Å². The van der Waals surface area contributed by atoms with Crippen molar-refractivity contribution in [3.05, 3.63) is 88.8 Å². The zero-order valence-electron chi connectivity index (χ0n) is 22.2. The van der Waals surface area contributed by atoms with Crippen LogP contribution in [0.15, 0.2) is 60.7 Å². The van der Waals surface area contributed by atoms with Gasteiger partial charge in [0.2, 0.25) is 0 Å². The molecule has 190 valence electrons. The average molecular weight is 484 g/mol. The summed E-state index contributed by atoms with van der Waals surface area (Å²) in [6.07, 6.45) is 13.6. The molecule has 2 fully saturated rings. The zero-order chi connectivity index (χ0) is 25.2. The van der Waals surface area contributed by atoms with E-state index in [9.17, 15) is 0 Å². The lowest BCUT2D eigenvalue weighted by atomic mass is 9.73. The summed E-state index contributed by atoms with van der Waals surface area (Å²) in [4.78, 5) is 0. The smallest absolute Gasteiger partial charge is 0.126 e. The standard InChI is InChI=1S/C34H42FN/c1-22-9-8-13-28(32(19-22)30-12-6-7-14-33(30)35)24(3)29-18-15-25(20-31(29)27-10-4-5-11-27)21-34(36)23(2)26-16-17-26/h6-7,9,12,14-15,18,20,23,26-28,32,36H,3-5,8,10-11,13,16-17,19,21H2,1-2H3. The van der Waals surface area contributed by atoms with Crippen LogP contribution in [-0.2, 0) is 6.42 Å². The minimum absolute atomic E-state index is 0.0929. The molecule has 2 aromatic rings. The Labute approximate surface area is 217 Å². The predicted molar refractivity (Wildman–Crippen MR) is 150 cm³/mol. The first-order valence-electron chi connectivity index (χ1n) is 14.2. The monoisotopic (exact) mass is 483 g/mol. The number of nitrogens with one attached hydrogen (secondary N) is 1. The van der Waals surface area contributed by atoms with Crippen LogP contribution in [0.2, 0.25) is 0 Å². The molecule has 3 unspecified atom stereocenters. The molecule has 0 heterocycles. The lowest BCUT2D eigenvalue weighted by Crippen LogP contribution is -2.17. The van der Waals surface area contributed by atoms with Crippen molar-refractivity contribution in [2.45, 2.75) is 89.9 Å². The fourth-order valence-electron chi connectivity index (χ4n) is 6.85. The van der Waals surface area contributed by atoms with Crippen LogP contribution in [0.5, 0.6) is 0 Å². The quantitative estimate of drug-likeness (QED) is 0.285. The van der Waals surface area contributed by atoms with Crippen LogP contribution in [0.1, 0.15) is 106 Å². The van der Waals surface area contributed by atoms with Crippen LogP contribution < -0.4 is 0 Å². The normalized spacial score (nSPS) is 23.7. The van der Waals surface area contributed by atoms with Gasteiger partial charge in [-0.05, 0) is 115 Å². The Balaban J connectivity index is 1.47. The first-order valence-corrected chi connectivity index (χ1v) is 14.2. The predicted octanol–water partition coefficient (Wildman–Crippen LogP) is 9.64. The molecule has 0 bridgehead atoms. The van der Waals surface area contributed by atoms with Crippen LogP contribution >= 0.6 is 0 Å². The summed E-state index contributed by atoms with van der Waals surface area (Å²) in [5.41, 5.74) is 8.25. The highest BCUT2D eigenvalue weighted by atomic mass is 19.1. The van der Waals surface area contributed by atoms with Crippen LogP contribution in [-0.4, -0.2) is 5.71 Å². The first kappa shape index (κ1) is 25.2. The van der Waals surface area contributed by atoms with Gasteiger partial charge in [-0.25, -0.2) is 4.39 Å². The van der Waals surface area contributed by atoms with E-state index in [0.717, 1.165) is 42.9 Å². The third kappa shape index (κ3) is 5.43. The molecule has 0 spiro atoms. The van der Waals surface area contributed by atoms with Crippen molar-refractivity contribution in [2.24, 2.45) is 17.8 Å². The minimum atomic E-state index is -0.0929. The van der Waals surface area contributed by atoms with Gasteiger partial charge in [0.15, 0.2) is 0 Å². The Bertz CT molecular complexity index is 1150. The first-order chi connectivity index (χ1) is 17.4. The van der Waals surface area contributed by atoms with Crippen LogP contribution in [0.4, 0.5) is 4.39 Å². The van der Waals surface area contributed by atoms with E-state index in [0.29, 0.717) is 11.8 Å². The highest BCUT2D eigenvalue weighted by Crippen LogP contribution is 2.47. The molecule has 0 saturated heterocycles. The van der Waals surface area contributed by atoms with Crippen LogP contribution in [0.3, 0.4) is 0 Å². The van der Waals surface area contributed by atoms with E-state index in [2.05, 4.69) is 38.1 Å². The van der Waals surface area contributed by atoms with E-state index in [-0.39, 0.29) is 17.7 Å². The zero-order valence-corrected chi connectivity index (χ0v) is 22.2. The Morgan fingerprint density at radius 2 is 1.78 bits per heavy atom. The van der Waals surface area contributed by atoms with E-state index in [1.165, 1.54) is 66.4 Å². The summed E-state index contributed by atoms with van der Waals surface area (Å²) in [6.45, 7) is 9.14. The molecule has 3 aliphatic rings. The molecule has 36 heavy (non-hydrogen) atoms. The van der Waals surface area contributed by atoms with Gasteiger partial charge in [-0.1, -0.05) is 74.4 Å². The summed E-state index contributed by atoms with van der Waals surface area (Å²) in [6, 6.07) is 14.3. The van der Waals surface area contributed by atoms with Gasteiger partial charge in [-0.2, -0.15) is 0 Å². The number of allylic oxidation sites excluding steroid dienone is 3. The maximum Gasteiger partial charge on any atom is 0.126 e. The van der Waals surface area contributed by atoms with Gasteiger partial charge in [-0.15, -0.1) is 0 Å². The van der Waals surface area contributed by atoms with Crippen LogP contribution in [0, 0.1) is 29.0 Å². The Kier molecular flexibility index (Phi) is 7.60. The molecule has 2 saturated carbocycles. The number of halogens is 1. The number of hydrogen-bond donors (Lipinski definition) is 1. The number of benzene rings is 2. The maximum absolute atomic E-state index is 15.0. The molecule has 3 aliphatic carbocycles. The van der Waals surface area contributed by atoms with E-state index in [1.807, 2.05) is 12.1 Å². The fourth-order valence-corrected chi connectivity index (χ4v) is 6.85. The molecule has 1 N–H and O–H groups in total. The molecule has 0 aliphatic heterocycles. The molecule has 2 heteroatoms.